The molecule has 1 heterocycles. The van der Waals surface area contributed by atoms with Crippen LogP contribution in [0.4, 0.5) is 0 Å². The molecule has 1 aromatic heterocycles. The van der Waals surface area contributed by atoms with Gasteiger partial charge in [0.15, 0.2) is 0 Å². The maximum atomic E-state index is 9.36. The van der Waals surface area contributed by atoms with Crippen molar-refractivity contribution in [1.29, 1.82) is 5.26 Å². The summed E-state index contributed by atoms with van der Waals surface area (Å²) in [5, 5.41) is 9.63. The van der Waals surface area contributed by atoms with Crippen LogP contribution in [-0.4, -0.2) is 11.1 Å². The molecule has 0 bridgehead atoms. The van der Waals surface area contributed by atoms with Crippen LogP contribution in [0.5, 0.6) is 5.75 Å². The molecule has 0 aliphatic carbocycles. The number of hydrogen-bond donors (Lipinski definition) is 0. The molecule has 0 aliphatic heterocycles. The lowest BCUT2D eigenvalue weighted by molar-refractivity contribution is 0.242. The summed E-state index contributed by atoms with van der Waals surface area (Å²) in [4.78, 5) is 4.30. The summed E-state index contributed by atoms with van der Waals surface area (Å²) < 4.78 is 5.64. The highest BCUT2D eigenvalue weighted by molar-refractivity contribution is 6.31. The molecule has 0 unspecified atom stereocenters. The topological polar surface area (TPSA) is 45.9 Å². The molecule has 22 heavy (non-hydrogen) atoms. The van der Waals surface area contributed by atoms with Crippen LogP contribution in [0.1, 0.15) is 38.4 Å². The Hall–Kier alpha value is -2.05. The van der Waals surface area contributed by atoms with Gasteiger partial charge in [0, 0.05) is 11.3 Å². The van der Waals surface area contributed by atoms with E-state index in [1.54, 1.807) is 0 Å². The third-order valence-corrected chi connectivity index (χ3v) is 3.46. The Bertz CT molecular complexity index is 687. The Kier molecular flexibility index (Phi) is 5.41. The molecule has 0 aliphatic rings. The first-order chi connectivity index (χ1) is 10.5. The molecule has 2 rings (SSSR count). The minimum Gasteiger partial charge on any atom is -0.491 e. The van der Waals surface area contributed by atoms with Crippen LogP contribution in [-0.2, 0) is 6.42 Å². The highest BCUT2D eigenvalue weighted by atomic mass is 35.5. The molecule has 0 radical (unpaired) electrons. The molecule has 2 aromatic rings. The number of rotatable bonds is 5. The highest BCUT2D eigenvalue weighted by Gasteiger charge is 2.13. The Labute approximate surface area is 136 Å². The number of nitriles is 1. The summed E-state index contributed by atoms with van der Waals surface area (Å²) in [6, 6.07) is 11.8. The van der Waals surface area contributed by atoms with Crippen LogP contribution in [0.15, 0.2) is 30.3 Å². The lowest BCUT2D eigenvalue weighted by Gasteiger charge is -2.12. The maximum Gasteiger partial charge on any atom is 0.147 e. The number of ether oxygens (including phenoxy) is 1. The SMILES string of the molecule is CCCc1cc(-c2ccc(OC(C)C)cc2)c(C#N)c(Cl)n1. The minimum atomic E-state index is 0.132. The molecule has 0 saturated carbocycles. The van der Waals surface area contributed by atoms with E-state index in [0.29, 0.717) is 5.56 Å². The van der Waals surface area contributed by atoms with Gasteiger partial charge < -0.3 is 4.74 Å². The van der Waals surface area contributed by atoms with E-state index >= 15 is 0 Å². The monoisotopic (exact) mass is 314 g/mol. The van der Waals surface area contributed by atoms with Crippen LogP contribution in [0.2, 0.25) is 5.15 Å². The smallest absolute Gasteiger partial charge is 0.147 e. The average molecular weight is 315 g/mol. The van der Waals surface area contributed by atoms with E-state index in [9.17, 15) is 5.26 Å². The van der Waals surface area contributed by atoms with Crippen LogP contribution in [0.3, 0.4) is 0 Å². The number of hydrogen-bond acceptors (Lipinski definition) is 3. The number of nitrogens with zero attached hydrogens (tertiary/aromatic N) is 2. The first-order valence-electron chi connectivity index (χ1n) is 7.41. The first-order valence-corrected chi connectivity index (χ1v) is 7.79. The minimum absolute atomic E-state index is 0.132. The van der Waals surface area contributed by atoms with Gasteiger partial charge >= 0.3 is 0 Å². The second-order valence-electron chi connectivity index (χ2n) is 5.38. The van der Waals surface area contributed by atoms with Crippen molar-refractivity contribution in [1.82, 2.24) is 4.98 Å². The fraction of sp³-hybridized carbons (Fsp3) is 0.333. The Balaban J connectivity index is 2.44. The molecule has 0 saturated heterocycles. The van der Waals surface area contributed by atoms with Gasteiger partial charge in [0.05, 0.1) is 11.7 Å². The molecule has 1 aromatic carbocycles. The second-order valence-corrected chi connectivity index (χ2v) is 5.74. The Morgan fingerprint density at radius 2 is 1.95 bits per heavy atom. The predicted molar refractivity (Wildman–Crippen MR) is 89.2 cm³/mol. The second kappa shape index (κ2) is 7.29. The van der Waals surface area contributed by atoms with E-state index in [2.05, 4.69) is 18.0 Å². The molecule has 4 heteroatoms. The lowest BCUT2D eigenvalue weighted by Crippen LogP contribution is -2.05. The fourth-order valence-corrected chi connectivity index (χ4v) is 2.52. The van der Waals surface area contributed by atoms with Crippen molar-refractivity contribution in [3.63, 3.8) is 0 Å². The van der Waals surface area contributed by atoms with Gasteiger partial charge in [-0.25, -0.2) is 4.98 Å². The van der Waals surface area contributed by atoms with Gasteiger partial charge in [0.2, 0.25) is 0 Å². The molecule has 0 fully saturated rings. The summed E-state index contributed by atoms with van der Waals surface area (Å²) in [7, 11) is 0. The van der Waals surface area contributed by atoms with Crippen molar-refractivity contribution in [2.75, 3.05) is 0 Å². The summed E-state index contributed by atoms with van der Waals surface area (Å²) >= 11 is 6.16. The first kappa shape index (κ1) is 16.3. The van der Waals surface area contributed by atoms with Crippen LogP contribution in [0.25, 0.3) is 11.1 Å². The van der Waals surface area contributed by atoms with E-state index in [0.717, 1.165) is 35.4 Å². The zero-order valence-corrected chi connectivity index (χ0v) is 13.8. The summed E-state index contributed by atoms with van der Waals surface area (Å²) in [5.74, 6) is 0.811. The summed E-state index contributed by atoms with van der Waals surface area (Å²) in [5.41, 5.74) is 3.08. The molecule has 0 atom stereocenters. The molecule has 3 nitrogen and oxygen atoms in total. The Morgan fingerprint density at radius 3 is 2.50 bits per heavy atom. The number of aromatic nitrogens is 1. The molecule has 114 valence electrons. The van der Waals surface area contributed by atoms with Crippen molar-refractivity contribution in [3.8, 4) is 22.9 Å². The molecule has 0 spiro atoms. The molecular weight excluding hydrogens is 296 g/mol. The van der Waals surface area contributed by atoms with Crippen molar-refractivity contribution < 1.29 is 4.74 Å². The summed E-state index contributed by atoms with van der Waals surface area (Å²) in [6.07, 6.45) is 1.95. The number of aryl methyl sites for hydroxylation is 1. The molecular formula is C18H19ClN2O. The van der Waals surface area contributed by atoms with E-state index in [-0.39, 0.29) is 11.3 Å². The van der Waals surface area contributed by atoms with E-state index < -0.39 is 0 Å². The summed E-state index contributed by atoms with van der Waals surface area (Å²) in [6.45, 7) is 6.06. The van der Waals surface area contributed by atoms with Crippen molar-refractivity contribution >= 4 is 11.6 Å². The Morgan fingerprint density at radius 1 is 1.27 bits per heavy atom. The van der Waals surface area contributed by atoms with Crippen molar-refractivity contribution in [3.05, 3.63) is 46.7 Å². The van der Waals surface area contributed by atoms with Crippen LogP contribution < -0.4 is 4.74 Å². The number of halogens is 1. The van der Waals surface area contributed by atoms with Gasteiger partial charge in [-0.15, -0.1) is 0 Å². The van der Waals surface area contributed by atoms with Gasteiger partial charge in [-0.05, 0) is 44.0 Å². The van der Waals surface area contributed by atoms with Gasteiger partial charge in [0.1, 0.15) is 17.0 Å². The van der Waals surface area contributed by atoms with E-state index in [4.69, 9.17) is 16.3 Å². The van der Waals surface area contributed by atoms with Crippen LogP contribution >= 0.6 is 11.6 Å². The standard InChI is InChI=1S/C18H19ClN2O/c1-4-5-14-10-16(17(11-20)18(19)21-14)13-6-8-15(9-7-13)22-12(2)3/h6-10,12H,4-5H2,1-3H3. The average Bonchev–Trinajstić information content (AvgIpc) is 2.47. The van der Waals surface area contributed by atoms with E-state index in [1.165, 1.54) is 0 Å². The maximum absolute atomic E-state index is 9.36. The normalized spacial score (nSPS) is 10.5. The van der Waals surface area contributed by atoms with Gasteiger partial charge in [-0.1, -0.05) is 37.1 Å². The number of pyridine rings is 1. The third kappa shape index (κ3) is 3.78. The van der Waals surface area contributed by atoms with Crippen molar-refractivity contribution in [2.24, 2.45) is 0 Å². The largest absolute Gasteiger partial charge is 0.491 e. The van der Waals surface area contributed by atoms with Gasteiger partial charge in [-0.3, -0.25) is 0 Å². The predicted octanol–water partition coefficient (Wildman–Crippen LogP) is 5.01. The third-order valence-electron chi connectivity index (χ3n) is 3.18. The zero-order valence-electron chi connectivity index (χ0n) is 13.1. The van der Waals surface area contributed by atoms with Gasteiger partial charge in [0.25, 0.3) is 0 Å². The fourth-order valence-electron chi connectivity index (χ4n) is 2.27. The van der Waals surface area contributed by atoms with Crippen LogP contribution in [0, 0.1) is 11.3 Å². The molecule has 0 amide bonds. The zero-order chi connectivity index (χ0) is 16.1. The highest BCUT2D eigenvalue weighted by Crippen LogP contribution is 2.30. The quantitative estimate of drug-likeness (QED) is 0.728. The lowest BCUT2D eigenvalue weighted by atomic mass is 10.00. The number of benzene rings is 1. The van der Waals surface area contributed by atoms with Crippen molar-refractivity contribution in [2.45, 2.75) is 39.7 Å². The van der Waals surface area contributed by atoms with Gasteiger partial charge in [-0.2, -0.15) is 5.26 Å². The van der Waals surface area contributed by atoms with E-state index in [1.807, 2.05) is 44.2 Å². The molecule has 0 N–H and O–H groups in total.